The van der Waals surface area contributed by atoms with Gasteiger partial charge < -0.3 is 0 Å². The number of rotatable bonds is 1. The predicted octanol–water partition coefficient (Wildman–Crippen LogP) is 4.74. The highest BCUT2D eigenvalue weighted by atomic mass is 35.5. The Morgan fingerprint density at radius 3 is 2.67 bits per heavy atom. The predicted molar refractivity (Wildman–Crippen MR) is 86.6 cm³/mol. The van der Waals surface area contributed by atoms with E-state index in [0.29, 0.717) is 5.02 Å². The third-order valence-corrected chi connectivity index (χ3v) is 3.93. The molecule has 0 saturated heterocycles. The van der Waals surface area contributed by atoms with E-state index in [4.69, 9.17) is 11.6 Å². The number of aromatic amines is 1. The average Bonchev–Trinajstić information content (AvgIpc) is 2.87. The van der Waals surface area contributed by atoms with Gasteiger partial charge in [-0.25, -0.2) is 4.98 Å². The molecule has 2 heterocycles. The highest BCUT2D eigenvalue weighted by Gasteiger charge is 2.15. The van der Waals surface area contributed by atoms with Crippen LogP contribution in [0.25, 0.3) is 33.1 Å². The van der Waals surface area contributed by atoms with Crippen LogP contribution in [0.5, 0.6) is 0 Å². The molecule has 0 amide bonds. The molecular formula is C17H12ClN3. The second-order valence-electron chi connectivity index (χ2n) is 5.06. The van der Waals surface area contributed by atoms with Gasteiger partial charge in [-0.3, -0.25) is 5.10 Å². The fourth-order valence-electron chi connectivity index (χ4n) is 2.76. The van der Waals surface area contributed by atoms with Crippen LogP contribution in [-0.2, 0) is 0 Å². The molecule has 0 aliphatic rings. The lowest BCUT2D eigenvalue weighted by atomic mass is 9.97. The number of aromatic nitrogens is 3. The molecule has 0 spiro atoms. The van der Waals surface area contributed by atoms with Gasteiger partial charge in [0.15, 0.2) is 5.65 Å². The highest BCUT2D eigenvalue weighted by Crippen LogP contribution is 2.36. The Kier molecular flexibility index (Phi) is 2.69. The van der Waals surface area contributed by atoms with Crippen molar-refractivity contribution in [2.75, 3.05) is 0 Å². The largest absolute Gasteiger partial charge is 0.280 e. The molecule has 102 valence electrons. The zero-order valence-electron chi connectivity index (χ0n) is 11.4. The van der Waals surface area contributed by atoms with Gasteiger partial charge in [-0.2, -0.15) is 5.10 Å². The van der Waals surface area contributed by atoms with Gasteiger partial charge in [0.1, 0.15) is 0 Å². The molecule has 0 saturated carbocycles. The third-order valence-electron chi connectivity index (χ3n) is 3.69. The summed E-state index contributed by atoms with van der Waals surface area (Å²) < 4.78 is 0. The molecular weight excluding hydrogens is 282 g/mol. The van der Waals surface area contributed by atoms with Crippen LogP contribution in [0, 0.1) is 6.92 Å². The summed E-state index contributed by atoms with van der Waals surface area (Å²) in [4.78, 5) is 4.62. The number of aryl methyl sites for hydroxylation is 1. The number of fused-ring (bicyclic) bond motifs is 2. The van der Waals surface area contributed by atoms with Crippen LogP contribution in [-0.4, -0.2) is 15.2 Å². The molecule has 4 aromatic rings. The van der Waals surface area contributed by atoms with Gasteiger partial charge >= 0.3 is 0 Å². The summed E-state index contributed by atoms with van der Waals surface area (Å²) >= 11 is 6.19. The smallest absolute Gasteiger partial charge is 0.182 e. The van der Waals surface area contributed by atoms with Crippen molar-refractivity contribution in [1.29, 1.82) is 0 Å². The van der Waals surface area contributed by atoms with E-state index in [1.807, 2.05) is 43.3 Å². The van der Waals surface area contributed by atoms with Crippen LogP contribution in [0.4, 0.5) is 0 Å². The van der Waals surface area contributed by atoms with Gasteiger partial charge in [0.2, 0.25) is 0 Å². The number of hydrogen-bond acceptors (Lipinski definition) is 2. The Morgan fingerprint density at radius 2 is 1.86 bits per heavy atom. The van der Waals surface area contributed by atoms with Crippen molar-refractivity contribution in [3.8, 4) is 11.1 Å². The molecule has 4 heteroatoms. The maximum atomic E-state index is 6.19. The second-order valence-corrected chi connectivity index (χ2v) is 5.50. The summed E-state index contributed by atoms with van der Waals surface area (Å²) in [6, 6.07) is 16.0. The van der Waals surface area contributed by atoms with Crippen LogP contribution in [0.1, 0.15) is 5.69 Å². The highest BCUT2D eigenvalue weighted by molar-refractivity contribution is 6.31. The second kappa shape index (κ2) is 4.57. The monoisotopic (exact) mass is 293 g/mol. The molecule has 0 aliphatic carbocycles. The van der Waals surface area contributed by atoms with E-state index < -0.39 is 0 Å². The maximum absolute atomic E-state index is 6.19. The topological polar surface area (TPSA) is 41.6 Å². The number of nitrogens with zero attached hydrogens (tertiary/aromatic N) is 2. The SMILES string of the molecule is Cc1[nH]nc2nc3ccc(Cl)cc3c(-c3ccccc3)c12. The average molecular weight is 294 g/mol. The van der Waals surface area contributed by atoms with Crippen molar-refractivity contribution in [2.24, 2.45) is 0 Å². The van der Waals surface area contributed by atoms with Gasteiger partial charge in [-0.15, -0.1) is 0 Å². The lowest BCUT2D eigenvalue weighted by Crippen LogP contribution is -1.88. The van der Waals surface area contributed by atoms with E-state index in [0.717, 1.165) is 38.8 Å². The fourth-order valence-corrected chi connectivity index (χ4v) is 2.93. The summed E-state index contributed by atoms with van der Waals surface area (Å²) in [5, 5.41) is 10.1. The molecule has 0 atom stereocenters. The van der Waals surface area contributed by atoms with Crippen molar-refractivity contribution in [2.45, 2.75) is 6.92 Å². The third kappa shape index (κ3) is 1.89. The van der Waals surface area contributed by atoms with Crippen molar-refractivity contribution >= 4 is 33.5 Å². The maximum Gasteiger partial charge on any atom is 0.182 e. The van der Waals surface area contributed by atoms with Crippen LogP contribution in [0.15, 0.2) is 48.5 Å². The van der Waals surface area contributed by atoms with E-state index in [1.54, 1.807) is 0 Å². The number of hydrogen-bond donors (Lipinski definition) is 1. The summed E-state index contributed by atoms with van der Waals surface area (Å²) in [7, 11) is 0. The Hall–Kier alpha value is -2.39. The molecule has 0 aliphatic heterocycles. The minimum absolute atomic E-state index is 0.710. The van der Waals surface area contributed by atoms with E-state index in [-0.39, 0.29) is 0 Å². The Balaban J connectivity index is 2.26. The Bertz CT molecular complexity index is 958. The molecule has 0 bridgehead atoms. The standard InChI is InChI=1S/C17H12ClN3/c1-10-15-16(11-5-3-2-4-6-11)13-9-12(18)7-8-14(13)19-17(15)21-20-10/h2-9H,1H3,(H,19,20,21). The van der Waals surface area contributed by atoms with Gasteiger partial charge in [-0.05, 0) is 30.7 Å². The van der Waals surface area contributed by atoms with E-state index in [2.05, 4.69) is 27.3 Å². The lowest BCUT2D eigenvalue weighted by molar-refractivity contribution is 1.06. The molecule has 1 N–H and O–H groups in total. The van der Waals surface area contributed by atoms with Crippen molar-refractivity contribution in [1.82, 2.24) is 15.2 Å². The summed E-state index contributed by atoms with van der Waals surface area (Å²) in [6.07, 6.45) is 0. The normalized spacial score (nSPS) is 11.3. The quantitative estimate of drug-likeness (QED) is 0.551. The van der Waals surface area contributed by atoms with Crippen molar-refractivity contribution in [3.05, 3.63) is 59.2 Å². The zero-order valence-corrected chi connectivity index (χ0v) is 12.1. The van der Waals surface area contributed by atoms with E-state index in [9.17, 15) is 0 Å². The molecule has 3 nitrogen and oxygen atoms in total. The molecule has 2 aromatic carbocycles. The lowest BCUT2D eigenvalue weighted by Gasteiger charge is -2.09. The molecule has 21 heavy (non-hydrogen) atoms. The number of pyridine rings is 1. The number of nitrogens with one attached hydrogen (secondary N) is 1. The summed E-state index contributed by atoms with van der Waals surface area (Å²) in [5.74, 6) is 0. The van der Waals surface area contributed by atoms with E-state index in [1.165, 1.54) is 0 Å². The van der Waals surface area contributed by atoms with Crippen LogP contribution < -0.4 is 0 Å². The Morgan fingerprint density at radius 1 is 1.05 bits per heavy atom. The van der Waals surface area contributed by atoms with Crippen molar-refractivity contribution < 1.29 is 0 Å². The van der Waals surface area contributed by atoms with Crippen molar-refractivity contribution in [3.63, 3.8) is 0 Å². The fraction of sp³-hybridized carbons (Fsp3) is 0.0588. The number of halogens is 1. The number of H-pyrrole nitrogens is 1. The molecule has 2 aromatic heterocycles. The van der Waals surface area contributed by atoms with Gasteiger partial charge in [-0.1, -0.05) is 41.9 Å². The Labute approximate surface area is 126 Å². The first-order valence-electron chi connectivity index (χ1n) is 6.73. The van der Waals surface area contributed by atoms with Gasteiger partial charge in [0.05, 0.1) is 10.9 Å². The van der Waals surface area contributed by atoms with E-state index >= 15 is 0 Å². The van der Waals surface area contributed by atoms with Gasteiger partial charge in [0.25, 0.3) is 0 Å². The van der Waals surface area contributed by atoms with Gasteiger partial charge in [0, 0.05) is 21.7 Å². The summed E-state index contributed by atoms with van der Waals surface area (Å²) in [6.45, 7) is 2.01. The molecule has 0 unspecified atom stereocenters. The minimum atomic E-state index is 0.710. The van der Waals surface area contributed by atoms with Crippen LogP contribution in [0.2, 0.25) is 5.02 Å². The summed E-state index contributed by atoms with van der Waals surface area (Å²) in [5.41, 5.74) is 4.92. The first-order chi connectivity index (χ1) is 10.2. The zero-order chi connectivity index (χ0) is 14.4. The molecule has 4 rings (SSSR count). The molecule has 0 radical (unpaired) electrons. The van der Waals surface area contributed by atoms with Crippen LogP contribution >= 0.6 is 11.6 Å². The first-order valence-corrected chi connectivity index (χ1v) is 7.11. The first kappa shape index (κ1) is 12.4. The molecule has 0 fully saturated rings. The van der Waals surface area contributed by atoms with Crippen LogP contribution in [0.3, 0.4) is 0 Å². The number of benzene rings is 2. The minimum Gasteiger partial charge on any atom is -0.280 e.